The summed E-state index contributed by atoms with van der Waals surface area (Å²) in [7, 11) is 0. The van der Waals surface area contributed by atoms with Crippen LogP contribution in [0.1, 0.15) is 19.8 Å². The average Bonchev–Trinajstić information content (AvgIpc) is 2.14. The van der Waals surface area contributed by atoms with Crippen molar-refractivity contribution in [3.05, 3.63) is 0 Å². The lowest BCUT2D eigenvalue weighted by molar-refractivity contribution is -0.191. The van der Waals surface area contributed by atoms with Gasteiger partial charge in [-0.1, -0.05) is 0 Å². The van der Waals surface area contributed by atoms with Crippen LogP contribution in [0.15, 0.2) is 0 Å². The van der Waals surface area contributed by atoms with Crippen molar-refractivity contribution in [3.63, 3.8) is 0 Å². The molecule has 6 heteroatoms. The molecule has 15 heavy (non-hydrogen) atoms. The normalized spacial score (nSPS) is 41.3. The minimum atomic E-state index is -1.91. The molecule has 0 aromatic heterocycles. The fourth-order valence-electron chi connectivity index (χ4n) is 1.71. The minimum absolute atomic E-state index is 0.107. The van der Waals surface area contributed by atoms with E-state index in [9.17, 15) is 25.2 Å². The number of carbonyl (C=O) groups is 1. The van der Waals surface area contributed by atoms with Crippen LogP contribution in [-0.2, 0) is 9.53 Å². The molecule has 4 N–H and O–H groups in total. The standard InChI is InChI=1S/C9H16O6/c1-2-15-8(13)9(14)3-5(10)7(12)6(11)4-9/h5-7,10-12,14H,2-4H2,1H3. The van der Waals surface area contributed by atoms with E-state index in [1.165, 1.54) is 0 Å². The van der Waals surface area contributed by atoms with Gasteiger partial charge in [-0.25, -0.2) is 4.79 Å². The zero-order valence-corrected chi connectivity index (χ0v) is 8.46. The highest BCUT2D eigenvalue weighted by molar-refractivity contribution is 5.79. The van der Waals surface area contributed by atoms with Crippen molar-refractivity contribution >= 4 is 5.97 Å². The van der Waals surface area contributed by atoms with Gasteiger partial charge in [-0.15, -0.1) is 0 Å². The molecule has 0 bridgehead atoms. The fraction of sp³-hybridized carbons (Fsp3) is 0.889. The topological polar surface area (TPSA) is 107 Å². The molecule has 1 aliphatic rings. The lowest BCUT2D eigenvalue weighted by Crippen LogP contribution is -2.56. The highest BCUT2D eigenvalue weighted by atomic mass is 16.5. The molecule has 0 amide bonds. The summed E-state index contributed by atoms with van der Waals surface area (Å²) >= 11 is 0. The average molecular weight is 220 g/mol. The van der Waals surface area contributed by atoms with E-state index in [1.54, 1.807) is 6.92 Å². The van der Waals surface area contributed by atoms with Crippen molar-refractivity contribution in [1.82, 2.24) is 0 Å². The van der Waals surface area contributed by atoms with Crippen molar-refractivity contribution in [2.45, 2.75) is 43.7 Å². The van der Waals surface area contributed by atoms with Crippen molar-refractivity contribution in [3.8, 4) is 0 Å². The van der Waals surface area contributed by atoms with E-state index in [0.29, 0.717) is 0 Å². The molecule has 0 aliphatic heterocycles. The second-order valence-electron chi connectivity index (χ2n) is 3.79. The predicted octanol–water partition coefficient (Wildman–Crippen LogP) is -1.84. The van der Waals surface area contributed by atoms with E-state index in [0.717, 1.165) is 0 Å². The molecule has 1 saturated carbocycles. The van der Waals surface area contributed by atoms with E-state index >= 15 is 0 Å². The smallest absolute Gasteiger partial charge is 0.338 e. The molecule has 0 aromatic rings. The zero-order valence-electron chi connectivity index (χ0n) is 8.46. The number of esters is 1. The molecule has 0 radical (unpaired) electrons. The van der Waals surface area contributed by atoms with E-state index in [2.05, 4.69) is 4.74 Å². The molecule has 0 heterocycles. The highest BCUT2D eigenvalue weighted by Gasteiger charge is 2.49. The summed E-state index contributed by atoms with van der Waals surface area (Å²) in [4.78, 5) is 11.3. The van der Waals surface area contributed by atoms with Crippen LogP contribution in [0, 0.1) is 0 Å². The molecule has 2 atom stereocenters. The first-order valence-corrected chi connectivity index (χ1v) is 4.84. The van der Waals surface area contributed by atoms with Crippen molar-refractivity contribution in [2.24, 2.45) is 0 Å². The van der Waals surface area contributed by atoms with Crippen molar-refractivity contribution in [1.29, 1.82) is 0 Å². The largest absolute Gasteiger partial charge is 0.464 e. The maximum atomic E-state index is 11.3. The number of rotatable bonds is 2. The van der Waals surface area contributed by atoms with Gasteiger partial charge in [0.2, 0.25) is 0 Å². The Balaban J connectivity index is 2.74. The molecular formula is C9H16O6. The molecule has 0 aromatic carbocycles. The van der Waals surface area contributed by atoms with E-state index in [-0.39, 0.29) is 19.4 Å². The lowest BCUT2D eigenvalue weighted by Gasteiger charge is -2.38. The van der Waals surface area contributed by atoms with E-state index < -0.39 is 29.9 Å². The van der Waals surface area contributed by atoms with Gasteiger partial charge in [-0.3, -0.25) is 0 Å². The Hall–Kier alpha value is -0.690. The van der Waals surface area contributed by atoms with Crippen LogP contribution >= 0.6 is 0 Å². The Kier molecular flexibility index (Phi) is 3.67. The first-order chi connectivity index (χ1) is 6.90. The second kappa shape index (κ2) is 4.44. The van der Waals surface area contributed by atoms with Gasteiger partial charge in [0.1, 0.15) is 6.10 Å². The third-order valence-corrected chi connectivity index (χ3v) is 2.54. The number of hydrogen-bond donors (Lipinski definition) is 4. The third kappa shape index (κ3) is 2.46. The Morgan fingerprint density at radius 2 is 1.80 bits per heavy atom. The van der Waals surface area contributed by atoms with Gasteiger partial charge >= 0.3 is 5.97 Å². The number of ether oxygens (including phenoxy) is 1. The summed E-state index contributed by atoms with van der Waals surface area (Å²) in [6.45, 7) is 1.70. The molecule has 6 nitrogen and oxygen atoms in total. The maximum Gasteiger partial charge on any atom is 0.338 e. The highest BCUT2D eigenvalue weighted by Crippen LogP contribution is 2.30. The van der Waals surface area contributed by atoms with E-state index in [1.807, 2.05) is 0 Å². The van der Waals surface area contributed by atoms with Gasteiger partial charge in [0, 0.05) is 12.8 Å². The summed E-state index contributed by atoms with van der Waals surface area (Å²) < 4.78 is 4.62. The Labute approximate surface area is 87.1 Å². The molecule has 1 aliphatic carbocycles. The van der Waals surface area contributed by atoms with E-state index in [4.69, 9.17) is 0 Å². The van der Waals surface area contributed by atoms with Crippen LogP contribution in [0.3, 0.4) is 0 Å². The first-order valence-electron chi connectivity index (χ1n) is 4.84. The van der Waals surface area contributed by atoms with Crippen LogP contribution < -0.4 is 0 Å². The van der Waals surface area contributed by atoms with Gasteiger partial charge in [-0.05, 0) is 6.92 Å². The molecule has 1 fully saturated rings. The molecular weight excluding hydrogens is 204 g/mol. The molecule has 0 saturated heterocycles. The summed E-state index contributed by atoms with van der Waals surface area (Å²) in [5.74, 6) is -0.880. The number of aliphatic hydroxyl groups excluding tert-OH is 3. The van der Waals surface area contributed by atoms with Gasteiger partial charge in [0.25, 0.3) is 0 Å². The molecule has 1 rings (SSSR count). The van der Waals surface area contributed by atoms with Gasteiger partial charge < -0.3 is 25.2 Å². The van der Waals surface area contributed by atoms with Gasteiger partial charge in [0.05, 0.1) is 18.8 Å². The predicted molar refractivity (Wildman–Crippen MR) is 48.8 cm³/mol. The Morgan fingerprint density at radius 1 is 1.33 bits per heavy atom. The van der Waals surface area contributed by atoms with Crippen LogP contribution in [0.2, 0.25) is 0 Å². The Morgan fingerprint density at radius 3 is 2.20 bits per heavy atom. The van der Waals surface area contributed by atoms with Gasteiger partial charge in [-0.2, -0.15) is 0 Å². The first kappa shape index (κ1) is 12.4. The van der Waals surface area contributed by atoms with Crippen LogP contribution in [0.5, 0.6) is 0 Å². The summed E-state index contributed by atoms with van der Waals surface area (Å²) in [6, 6.07) is 0. The summed E-state index contributed by atoms with van der Waals surface area (Å²) in [6.07, 6.45) is -4.65. The number of hydrogen-bond acceptors (Lipinski definition) is 6. The monoisotopic (exact) mass is 220 g/mol. The SMILES string of the molecule is CCOC(=O)C1(O)CC(O)C(O)C(O)C1. The van der Waals surface area contributed by atoms with Crippen LogP contribution in [0.25, 0.3) is 0 Å². The molecule has 88 valence electrons. The van der Waals surface area contributed by atoms with Crippen molar-refractivity contribution in [2.75, 3.05) is 6.61 Å². The second-order valence-corrected chi connectivity index (χ2v) is 3.79. The molecule has 0 spiro atoms. The molecule has 2 unspecified atom stereocenters. The zero-order chi connectivity index (χ0) is 11.6. The lowest BCUT2D eigenvalue weighted by atomic mass is 9.80. The third-order valence-electron chi connectivity index (χ3n) is 2.54. The number of aliphatic hydroxyl groups is 4. The Bertz CT molecular complexity index is 229. The fourth-order valence-corrected chi connectivity index (χ4v) is 1.71. The van der Waals surface area contributed by atoms with Crippen LogP contribution in [-0.4, -0.2) is 56.9 Å². The van der Waals surface area contributed by atoms with Crippen molar-refractivity contribution < 1.29 is 30.0 Å². The maximum absolute atomic E-state index is 11.3. The van der Waals surface area contributed by atoms with Gasteiger partial charge in [0.15, 0.2) is 5.60 Å². The minimum Gasteiger partial charge on any atom is -0.464 e. The summed E-state index contributed by atoms with van der Waals surface area (Å²) in [5, 5.41) is 37.7. The number of carbonyl (C=O) groups excluding carboxylic acids is 1. The summed E-state index contributed by atoms with van der Waals surface area (Å²) in [5.41, 5.74) is -1.91. The quantitative estimate of drug-likeness (QED) is 0.407. The van der Waals surface area contributed by atoms with Crippen LogP contribution in [0.4, 0.5) is 0 Å².